The molecule has 128 valence electrons. The molecule has 0 bridgehead atoms. The first-order chi connectivity index (χ1) is 12.2. The van der Waals surface area contributed by atoms with Crippen molar-refractivity contribution in [2.75, 3.05) is 6.54 Å². The summed E-state index contributed by atoms with van der Waals surface area (Å²) < 4.78 is 13.6. The van der Waals surface area contributed by atoms with Crippen molar-refractivity contribution >= 4 is 5.57 Å². The number of hydrogen-bond donors (Lipinski definition) is 2. The predicted molar refractivity (Wildman–Crippen MR) is 101 cm³/mol. The molecule has 2 atom stereocenters. The van der Waals surface area contributed by atoms with Crippen LogP contribution in [0.5, 0.6) is 0 Å². The maximum absolute atomic E-state index is 13.6. The lowest BCUT2D eigenvalue weighted by Gasteiger charge is -2.24. The highest BCUT2D eigenvalue weighted by molar-refractivity contribution is 5.76. The number of allylic oxidation sites excluding steroid dienone is 2. The lowest BCUT2D eigenvalue weighted by atomic mass is 9.90. The van der Waals surface area contributed by atoms with Gasteiger partial charge < -0.3 is 10.6 Å². The fourth-order valence-corrected chi connectivity index (χ4v) is 3.57. The zero-order chi connectivity index (χ0) is 17.4. The molecule has 2 aliphatic rings. The van der Waals surface area contributed by atoms with Gasteiger partial charge in [-0.05, 0) is 77.7 Å². The Kier molecular flexibility index (Phi) is 4.18. The van der Waals surface area contributed by atoms with Gasteiger partial charge in [0.1, 0.15) is 5.82 Å². The van der Waals surface area contributed by atoms with Crippen LogP contribution in [-0.2, 0) is 0 Å². The van der Waals surface area contributed by atoms with Crippen LogP contribution in [0, 0.1) is 12.7 Å². The van der Waals surface area contributed by atoms with E-state index in [9.17, 15) is 4.39 Å². The van der Waals surface area contributed by atoms with E-state index in [0.717, 1.165) is 18.5 Å². The summed E-state index contributed by atoms with van der Waals surface area (Å²) in [5, 5.41) is 6.99. The zero-order valence-electron chi connectivity index (χ0n) is 14.6. The van der Waals surface area contributed by atoms with Gasteiger partial charge in [0, 0.05) is 0 Å². The van der Waals surface area contributed by atoms with E-state index in [0.29, 0.717) is 11.6 Å². The topological polar surface area (TPSA) is 24.1 Å². The molecule has 2 unspecified atom stereocenters. The molecule has 1 aliphatic heterocycles. The van der Waals surface area contributed by atoms with Crippen LogP contribution >= 0.6 is 0 Å². The lowest BCUT2D eigenvalue weighted by Crippen LogP contribution is -2.19. The van der Waals surface area contributed by atoms with Crippen LogP contribution in [0.2, 0.25) is 0 Å². The molecular weight excluding hydrogens is 311 g/mol. The van der Waals surface area contributed by atoms with Crippen molar-refractivity contribution in [3.05, 3.63) is 88.4 Å². The summed E-state index contributed by atoms with van der Waals surface area (Å²) in [5.74, 6) is -0.157. The van der Waals surface area contributed by atoms with Gasteiger partial charge in [-0.25, -0.2) is 4.39 Å². The number of rotatable bonds is 5. The van der Waals surface area contributed by atoms with Gasteiger partial charge in [0.2, 0.25) is 0 Å². The van der Waals surface area contributed by atoms with Crippen LogP contribution in [-0.4, -0.2) is 6.54 Å². The van der Waals surface area contributed by atoms with Gasteiger partial charge in [0.05, 0.1) is 12.1 Å². The van der Waals surface area contributed by atoms with Crippen molar-refractivity contribution in [3.8, 4) is 0 Å². The van der Waals surface area contributed by atoms with E-state index in [1.807, 2.05) is 31.3 Å². The highest BCUT2D eigenvalue weighted by Gasteiger charge is 2.32. The van der Waals surface area contributed by atoms with Gasteiger partial charge in [-0.3, -0.25) is 0 Å². The molecule has 0 saturated carbocycles. The Bertz CT molecular complexity index is 866. The monoisotopic (exact) mass is 334 g/mol. The molecule has 2 aromatic rings. The summed E-state index contributed by atoms with van der Waals surface area (Å²) >= 11 is 0. The SMILES string of the molecule is CCCNC1c2ccc(C3=CC=CNC3c3ccc(F)c(C)c3)cc21. The number of nitrogens with one attached hydrogen (secondary N) is 2. The molecule has 0 saturated heterocycles. The summed E-state index contributed by atoms with van der Waals surface area (Å²) in [4.78, 5) is 0. The highest BCUT2D eigenvalue weighted by Crippen LogP contribution is 2.44. The number of fused-ring (bicyclic) bond motifs is 1. The van der Waals surface area contributed by atoms with Crippen molar-refractivity contribution in [3.63, 3.8) is 0 Å². The molecule has 25 heavy (non-hydrogen) atoms. The largest absolute Gasteiger partial charge is 0.380 e. The van der Waals surface area contributed by atoms with Crippen LogP contribution in [0.15, 0.2) is 54.8 Å². The summed E-state index contributed by atoms with van der Waals surface area (Å²) in [7, 11) is 0. The van der Waals surface area contributed by atoms with Gasteiger partial charge in [-0.15, -0.1) is 0 Å². The smallest absolute Gasteiger partial charge is 0.126 e. The Morgan fingerprint density at radius 1 is 1.12 bits per heavy atom. The van der Waals surface area contributed by atoms with Crippen molar-refractivity contribution in [1.82, 2.24) is 10.6 Å². The van der Waals surface area contributed by atoms with Gasteiger partial charge in [-0.2, -0.15) is 0 Å². The predicted octanol–water partition coefficient (Wildman–Crippen LogP) is 4.78. The quantitative estimate of drug-likeness (QED) is 0.822. The van der Waals surface area contributed by atoms with E-state index < -0.39 is 0 Å². The lowest BCUT2D eigenvalue weighted by molar-refractivity contribution is 0.616. The molecule has 1 heterocycles. The van der Waals surface area contributed by atoms with E-state index in [-0.39, 0.29) is 11.9 Å². The van der Waals surface area contributed by atoms with Crippen molar-refractivity contribution in [2.24, 2.45) is 0 Å². The van der Waals surface area contributed by atoms with Gasteiger partial charge in [0.15, 0.2) is 0 Å². The Hall–Kier alpha value is -2.39. The van der Waals surface area contributed by atoms with E-state index in [1.165, 1.54) is 22.3 Å². The molecule has 2 N–H and O–H groups in total. The maximum atomic E-state index is 13.6. The Morgan fingerprint density at radius 2 is 2.00 bits per heavy atom. The first kappa shape index (κ1) is 16.1. The standard InChI is InChI=1S/C22H23FN2/c1-3-10-24-22-18-8-6-15(13-19(18)22)17-5-4-11-25-21(17)16-7-9-20(23)14(2)12-16/h4-9,11-13,21-22,24-25H,3,10H2,1-2H3. The molecule has 3 heteroatoms. The minimum atomic E-state index is -0.157. The molecule has 0 radical (unpaired) electrons. The average Bonchev–Trinajstić information content (AvgIpc) is 3.34. The summed E-state index contributed by atoms with van der Waals surface area (Å²) in [6.07, 6.45) is 7.27. The average molecular weight is 334 g/mol. The minimum Gasteiger partial charge on any atom is -0.380 e. The molecule has 2 nitrogen and oxygen atoms in total. The molecule has 1 aliphatic carbocycles. The second-order valence-electron chi connectivity index (χ2n) is 6.82. The number of aryl methyl sites for hydroxylation is 1. The number of hydrogen-bond acceptors (Lipinski definition) is 2. The summed E-state index contributed by atoms with van der Waals surface area (Å²) in [5.41, 5.74) is 7.01. The summed E-state index contributed by atoms with van der Waals surface area (Å²) in [6.45, 7) is 5.04. The van der Waals surface area contributed by atoms with Crippen LogP contribution in [0.1, 0.15) is 53.2 Å². The third kappa shape index (κ3) is 3.00. The van der Waals surface area contributed by atoms with Crippen LogP contribution < -0.4 is 10.6 Å². The fraction of sp³-hybridized carbons (Fsp3) is 0.273. The van der Waals surface area contributed by atoms with Crippen LogP contribution in [0.25, 0.3) is 5.57 Å². The van der Waals surface area contributed by atoms with E-state index >= 15 is 0 Å². The van der Waals surface area contributed by atoms with Crippen molar-refractivity contribution in [2.45, 2.75) is 32.4 Å². The molecule has 0 spiro atoms. The molecular formula is C22H23FN2. The number of halogens is 1. The molecule has 2 aromatic carbocycles. The normalized spacial score (nSPS) is 20.7. The first-order valence-electron chi connectivity index (χ1n) is 8.95. The number of dihydropyridines is 1. The minimum absolute atomic E-state index is 0.0446. The van der Waals surface area contributed by atoms with Gasteiger partial charge in [0.25, 0.3) is 0 Å². The second-order valence-corrected chi connectivity index (χ2v) is 6.82. The maximum Gasteiger partial charge on any atom is 0.126 e. The van der Waals surface area contributed by atoms with Gasteiger partial charge >= 0.3 is 0 Å². The molecule has 0 fully saturated rings. The first-order valence-corrected chi connectivity index (χ1v) is 8.95. The van der Waals surface area contributed by atoms with Crippen molar-refractivity contribution < 1.29 is 4.39 Å². The van der Waals surface area contributed by atoms with E-state index in [1.54, 1.807) is 6.07 Å². The zero-order valence-corrected chi connectivity index (χ0v) is 14.6. The molecule has 0 amide bonds. The van der Waals surface area contributed by atoms with Crippen molar-refractivity contribution in [1.29, 1.82) is 0 Å². The molecule has 4 rings (SSSR count). The van der Waals surface area contributed by atoms with E-state index in [4.69, 9.17) is 0 Å². The van der Waals surface area contributed by atoms with Crippen LogP contribution in [0.4, 0.5) is 4.39 Å². The Balaban J connectivity index is 1.63. The third-order valence-electron chi connectivity index (χ3n) is 5.02. The van der Waals surface area contributed by atoms with E-state index in [2.05, 4.69) is 41.8 Å². The van der Waals surface area contributed by atoms with Crippen LogP contribution in [0.3, 0.4) is 0 Å². The van der Waals surface area contributed by atoms with Gasteiger partial charge in [-0.1, -0.05) is 37.3 Å². The second kappa shape index (κ2) is 6.49. The Labute approximate surface area is 148 Å². The summed E-state index contributed by atoms with van der Waals surface area (Å²) in [6, 6.07) is 12.5. The Morgan fingerprint density at radius 3 is 2.80 bits per heavy atom. The third-order valence-corrected chi connectivity index (χ3v) is 5.02. The fourth-order valence-electron chi connectivity index (χ4n) is 3.57. The number of benzene rings is 2. The molecule has 0 aromatic heterocycles. The highest BCUT2D eigenvalue weighted by atomic mass is 19.1.